The van der Waals surface area contributed by atoms with Gasteiger partial charge in [-0.1, -0.05) is 0 Å². The molecule has 1 amide bonds. The second-order valence-corrected chi connectivity index (χ2v) is 4.46. The Morgan fingerprint density at radius 2 is 2.18 bits per heavy atom. The first-order chi connectivity index (χ1) is 8.09. The number of carbonyl (C=O) groups excluding carboxylic acids is 1. The van der Waals surface area contributed by atoms with Crippen molar-refractivity contribution in [2.24, 2.45) is 0 Å². The van der Waals surface area contributed by atoms with E-state index in [1.54, 1.807) is 6.20 Å². The molecule has 0 aliphatic carbocycles. The Kier molecular flexibility index (Phi) is 5.69. The second-order valence-electron chi connectivity index (χ2n) is 4.46. The zero-order valence-electron chi connectivity index (χ0n) is 10.8. The maximum atomic E-state index is 11.6. The molecule has 1 heterocycles. The lowest BCUT2D eigenvalue weighted by atomic mass is 10.2. The molecule has 0 aromatic carbocycles. The quantitative estimate of drug-likeness (QED) is 0.690. The zero-order chi connectivity index (χ0) is 12.7. The van der Waals surface area contributed by atoms with Gasteiger partial charge in [-0.2, -0.15) is 5.10 Å². The Morgan fingerprint density at radius 1 is 1.41 bits per heavy atom. The lowest BCUT2D eigenvalue weighted by molar-refractivity contribution is -0.123. The van der Waals surface area contributed by atoms with Gasteiger partial charge in [0, 0.05) is 25.0 Å². The predicted molar refractivity (Wildman–Crippen MR) is 67.6 cm³/mol. The zero-order valence-corrected chi connectivity index (χ0v) is 10.8. The molecule has 96 valence electrons. The molecule has 1 atom stereocenters. The minimum Gasteiger partial charge on any atom is -0.353 e. The first kappa shape index (κ1) is 13.7. The van der Waals surface area contributed by atoms with Gasteiger partial charge < -0.3 is 10.6 Å². The molecule has 0 saturated heterocycles. The van der Waals surface area contributed by atoms with E-state index in [9.17, 15) is 4.79 Å². The van der Waals surface area contributed by atoms with Crippen LogP contribution in [0.3, 0.4) is 0 Å². The van der Waals surface area contributed by atoms with Crippen LogP contribution in [0.2, 0.25) is 0 Å². The molecule has 1 unspecified atom stereocenters. The summed E-state index contributed by atoms with van der Waals surface area (Å²) < 4.78 is 1.89. The Bertz CT molecular complexity index is 321. The molecule has 0 fully saturated rings. The van der Waals surface area contributed by atoms with Crippen LogP contribution in [0.4, 0.5) is 0 Å². The van der Waals surface area contributed by atoms with E-state index in [1.807, 2.05) is 37.7 Å². The largest absolute Gasteiger partial charge is 0.353 e. The van der Waals surface area contributed by atoms with E-state index < -0.39 is 0 Å². The second kappa shape index (κ2) is 7.06. The topological polar surface area (TPSA) is 59.0 Å². The molecule has 5 heteroatoms. The minimum absolute atomic E-state index is 0.0547. The highest BCUT2D eigenvalue weighted by Gasteiger charge is 2.11. The fourth-order valence-corrected chi connectivity index (χ4v) is 1.49. The minimum atomic E-state index is -0.143. The van der Waals surface area contributed by atoms with Crippen molar-refractivity contribution < 1.29 is 4.79 Å². The molecule has 0 aliphatic rings. The van der Waals surface area contributed by atoms with Crippen molar-refractivity contribution in [3.05, 3.63) is 18.5 Å². The van der Waals surface area contributed by atoms with Crippen LogP contribution >= 0.6 is 0 Å². The van der Waals surface area contributed by atoms with Crippen molar-refractivity contribution in [2.75, 3.05) is 6.54 Å². The van der Waals surface area contributed by atoms with E-state index in [1.165, 1.54) is 0 Å². The number of nitrogens with one attached hydrogen (secondary N) is 2. The summed E-state index contributed by atoms with van der Waals surface area (Å²) >= 11 is 0. The van der Waals surface area contributed by atoms with E-state index in [0.717, 1.165) is 19.5 Å². The van der Waals surface area contributed by atoms with Crippen LogP contribution in [-0.2, 0) is 11.3 Å². The van der Waals surface area contributed by atoms with Gasteiger partial charge in [-0.3, -0.25) is 9.48 Å². The smallest absolute Gasteiger partial charge is 0.237 e. The SMILES string of the molecule is CC(C)NC(=O)C(C)NCCCn1cccn1. The van der Waals surface area contributed by atoms with Crippen LogP contribution in [0.5, 0.6) is 0 Å². The molecule has 0 saturated carbocycles. The molecular weight excluding hydrogens is 216 g/mol. The average molecular weight is 238 g/mol. The van der Waals surface area contributed by atoms with E-state index in [4.69, 9.17) is 0 Å². The third-order valence-electron chi connectivity index (χ3n) is 2.40. The molecule has 2 N–H and O–H groups in total. The summed E-state index contributed by atoms with van der Waals surface area (Å²) in [7, 11) is 0. The van der Waals surface area contributed by atoms with Gasteiger partial charge in [0.25, 0.3) is 0 Å². The van der Waals surface area contributed by atoms with Gasteiger partial charge in [0.15, 0.2) is 0 Å². The molecule has 5 nitrogen and oxygen atoms in total. The van der Waals surface area contributed by atoms with Gasteiger partial charge in [-0.15, -0.1) is 0 Å². The van der Waals surface area contributed by atoms with Crippen LogP contribution in [0.1, 0.15) is 27.2 Å². The third kappa shape index (κ3) is 5.49. The number of amides is 1. The van der Waals surface area contributed by atoms with Gasteiger partial charge in [0.05, 0.1) is 6.04 Å². The monoisotopic (exact) mass is 238 g/mol. The van der Waals surface area contributed by atoms with Crippen LogP contribution in [0, 0.1) is 0 Å². The molecule has 0 spiro atoms. The Balaban J connectivity index is 2.11. The van der Waals surface area contributed by atoms with Crippen LogP contribution in [0.25, 0.3) is 0 Å². The van der Waals surface area contributed by atoms with Gasteiger partial charge in [0.1, 0.15) is 0 Å². The molecule has 0 radical (unpaired) electrons. The Hall–Kier alpha value is -1.36. The summed E-state index contributed by atoms with van der Waals surface area (Å²) in [4.78, 5) is 11.6. The fraction of sp³-hybridized carbons (Fsp3) is 0.667. The molecule has 17 heavy (non-hydrogen) atoms. The number of aryl methyl sites for hydroxylation is 1. The number of hydrogen-bond donors (Lipinski definition) is 2. The maximum Gasteiger partial charge on any atom is 0.237 e. The number of nitrogens with zero attached hydrogens (tertiary/aromatic N) is 2. The number of hydrogen-bond acceptors (Lipinski definition) is 3. The van der Waals surface area contributed by atoms with Crippen molar-refractivity contribution in [1.29, 1.82) is 0 Å². The van der Waals surface area contributed by atoms with Crippen LogP contribution in [0.15, 0.2) is 18.5 Å². The highest BCUT2D eigenvalue weighted by molar-refractivity contribution is 5.81. The summed E-state index contributed by atoms with van der Waals surface area (Å²) in [6.07, 6.45) is 4.67. The van der Waals surface area contributed by atoms with E-state index in [0.29, 0.717) is 0 Å². The number of rotatable bonds is 7. The van der Waals surface area contributed by atoms with E-state index in [-0.39, 0.29) is 18.0 Å². The average Bonchev–Trinajstić information content (AvgIpc) is 2.75. The van der Waals surface area contributed by atoms with Gasteiger partial charge in [-0.05, 0) is 39.8 Å². The number of carbonyl (C=O) groups is 1. The van der Waals surface area contributed by atoms with Crippen molar-refractivity contribution in [1.82, 2.24) is 20.4 Å². The first-order valence-electron chi connectivity index (χ1n) is 6.11. The third-order valence-corrected chi connectivity index (χ3v) is 2.40. The first-order valence-corrected chi connectivity index (χ1v) is 6.11. The van der Waals surface area contributed by atoms with Crippen molar-refractivity contribution in [2.45, 2.75) is 45.8 Å². The lowest BCUT2D eigenvalue weighted by Gasteiger charge is -2.15. The van der Waals surface area contributed by atoms with Crippen LogP contribution in [-0.4, -0.2) is 34.3 Å². The van der Waals surface area contributed by atoms with Gasteiger partial charge in [0.2, 0.25) is 5.91 Å². The molecule has 1 aromatic heterocycles. The Labute approximate surface area is 103 Å². The van der Waals surface area contributed by atoms with Crippen molar-refractivity contribution in [3.63, 3.8) is 0 Å². The van der Waals surface area contributed by atoms with Gasteiger partial charge >= 0.3 is 0 Å². The normalized spacial score (nSPS) is 12.7. The van der Waals surface area contributed by atoms with E-state index in [2.05, 4.69) is 15.7 Å². The lowest BCUT2D eigenvalue weighted by Crippen LogP contribution is -2.45. The molecular formula is C12H22N4O. The summed E-state index contributed by atoms with van der Waals surface area (Å²) in [6.45, 7) is 7.49. The summed E-state index contributed by atoms with van der Waals surface area (Å²) in [5.74, 6) is 0.0547. The molecule has 1 aromatic rings. The fourth-order valence-electron chi connectivity index (χ4n) is 1.49. The standard InChI is InChI=1S/C12H22N4O/c1-10(2)15-12(17)11(3)13-6-4-8-16-9-5-7-14-16/h5,7,9-11,13H,4,6,8H2,1-3H3,(H,15,17). The molecule has 0 aliphatic heterocycles. The Morgan fingerprint density at radius 3 is 2.76 bits per heavy atom. The van der Waals surface area contributed by atoms with Gasteiger partial charge in [-0.25, -0.2) is 0 Å². The highest BCUT2D eigenvalue weighted by Crippen LogP contribution is 1.90. The number of aromatic nitrogens is 2. The molecule has 1 rings (SSSR count). The molecule has 0 bridgehead atoms. The highest BCUT2D eigenvalue weighted by atomic mass is 16.2. The van der Waals surface area contributed by atoms with Crippen molar-refractivity contribution in [3.8, 4) is 0 Å². The summed E-state index contributed by atoms with van der Waals surface area (Å²) in [5.41, 5.74) is 0. The van der Waals surface area contributed by atoms with E-state index >= 15 is 0 Å². The predicted octanol–water partition coefficient (Wildman–Crippen LogP) is 0.776. The summed E-state index contributed by atoms with van der Waals surface area (Å²) in [6, 6.07) is 1.96. The van der Waals surface area contributed by atoms with Crippen molar-refractivity contribution >= 4 is 5.91 Å². The van der Waals surface area contributed by atoms with Crippen LogP contribution < -0.4 is 10.6 Å². The summed E-state index contributed by atoms with van der Waals surface area (Å²) in [5, 5.41) is 10.2. The maximum absolute atomic E-state index is 11.6.